The van der Waals surface area contributed by atoms with E-state index >= 15 is 0 Å². The van der Waals surface area contributed by atoms with E-state index in [0.717, 1.165) is 0 Å². The van der Waals surface area contributed by atoms with Gasteiger partial charge in [0.15, 0.2) is 0 Å². The Hall–Kier alpha value is 0.870. The molecule has 0 rings (SSSR count). The summed E-state index contributed by atoms with van der Waals surface area (Å²) in [6.45, 7) is 1.44. The second-order valence-corrected chi connectivity index (χ2v) is 1.93. The first kappa shape index (κ1) is 11.6. The molecule has 0 saturated carbocycles. The topological polar surface area (TPSA) is 63.6 Å². The second-order valence-electron chi connectivity index (χ2n) is 0.834. The van der Waals surface area contributed by atoms with Crippen LogP contribution in [-0.2, 0) is 14.6 Å². The molecule has 1 N–H and O–H groups in total. The maximum atomic E-state index is 9.56. The Bertz CT molecular complexity index is 127. The zero-order valence-corrected chi connectivity index (χ0v) is 7.60. The van der Waals surface area contributed by atoms with E-state index in [4.69, 9.17) is 4.55 Å². The third kappa shape index (κ3) is 9.98. The molecule has 6 heteroatoms. The van der Waals surface area contributed by atoms with Gasteiger partial charge in [-0.05, 0) is 6.92 Å². The van der Waals surface area contributed by atoms with Crippen LogP contribution in [0.15, 0.2) is 0 Å². The summed E-state index contributed by atoms with van der Waals surface area (Å²) in [5, 5.41) is 0. The van der Waals surface area contributed by atoms with E-state index in [0.29, 0.717) is 0 Å². The molecule has 0 atom stereocenters. The molecule has 0 spiro atoms. The summed E-state index contributed by atoms with van der Waals surface area (Å²) in [4.78, 5) is 0. The molecular weight excluding hydrogens is 143 g/mol. The van der Waals surface area contributed by atoms with Gasteiger partial charge in [-0.1, -0.05) is 0 Å². The Morgan fingerprint density at radius 3 is 2.00 bits per heavy atom. The molecule has 0 aromatic rings. The van der Waals surface area contributed by atoms with Crippen LogP contribution in [0.3, 0.4) is 0 Å². The van der Waals surface area contributed by atoms with Crippen LogP contribution in [0, 0.1) is 0 Å². The summed E-state index contributed by atoms with van der Waals surface area (Å²) in [5.41, 5.74) is 0. The van der Waals surface area contributed by atoms with Crippen molar-refractivity contribution >= 4 is 10.4 Å². The Balaban J connectivity index is 0. The molecule has 0 bridgehead atoms. The first-order valence-corrected chi connectivity index (χ1v) is 3.04. The maximum absolute atomic E-state index is 9.56. The largest absolute Gasteiger partial charge is 1.00 e. The third-order valence-electron chi connectivity index (χ3n) is 0.267. The second kappa shape index (κ2) is 4.72. The normalized spacial score (nSPS) is 10.2. The molecule has 0 radical (unpaired) electrons. The summed E-state index contributed by atoms with van der Waals surface area (Å²) in [5.74, 6) is 0. The van der Waals surface area contributed by atoms with Crippen molar-refractivity contribution in [3.63, 3.8) is 0 Å². The predicted octanol–water partition coefficient (Wildman–Crippen LogP) is -3.17. The van der Waals surface area contributed by atoms with Crippen molar-refractivity contribution in [1.82, 2.24) is 0 Å². The molecule has 0 aliphatic carbocycles. The minimum absolute atomic E-state index is 0. The summed E-state index contributed by atoms with van der Waals surface area (Å²) in [7, 11) is -4.17. The summed E-state index contributed by atoms with van der Waals surface area (Å²) >= 11 is 0. The van der Waals surface area contributed by atoms with Gasteiger partial charge in [-0.2, -0.15) is 8.42 Å². The summed E-state index contributed by atoms with van der Waals surface area (Å²) in [6.07, 6.45) is 0. The van der Waals surface area contributed by atoms with Crippen LogP contribution in [0.1, 0.15) is 6.92 Å². The van der Waals surface area contributed by atoms with E-state index in [2.05, 4.69) is 4.18 Å². The quantitative estimate of drug-likeness (QED) is 0.332. The monoisotopic (exact) mass is 149 g/mol. The molecule has 0 fully saturated rings. The van der Waals surface area contributed by atoms with E-state index in [1.165, 1.54) is 6.92 Å². The van der Waals surface area contributed by atoms with Crippen LogP contribution >= 0.6 is 0 Å². The van der Waals surface area contributed by atoms with Crippen molar-refractivity contribution in [2.24, 2.45) is 0 Å². The van der Waals surface area contributed by atoms with Crippen molar-refractivity contribution in [2.75, 3.05) is 6.61 Å². The minimum atomic E-state index is -4.17. The van der Waals surface area contributed by atoms with Crippen molar-refractivity contribution in [2.45, 2.75) is 6.92 Å². The van der Waals surface area contributed by atoms with Gasteiger partial charge in [-0.3, -0.25) is 4.55 Å². The zero-order valence-electron chi connectivity index (χ0n) is 4.79. The van der Waals surface area contributed by atoms with Gasteiger partial charge in [0.05, 0.1) is 6.61 Å². The van der Waals surface area contributed by atoms with Gasteiger partial charge in [-0.25, -0.2) is 4.18 Å². The van der Waals surface area contributed by atoms with E-state index in [1.54, 1.807) is 0 Å². The Labute approximate surface area is 70.5 Å². The van der Waals surface area contributed by atoms with Gasteiger partial charge in [0, 0.05) is 0 Å². The fraction of sp³-hybridized carbons (Fsp3) is 1.00. The maximum Gasteiger partial charge on any atom is 1.00 e. The van der Waals surface area contributed by atoms with Crippen LogP contribution in [0.25, 0.3) is 0 Å². The Kier molecular flexibility index (Phi) is 6.87. The number of hydrogen-bond acceptors (Lipinski definition) is 3. The van der Waals surface area contributed by atoms with Crippen LogP contribution in [0.5, 0.6) is 0 Å². The van der Waals surface area contributed by atoms with Gasteiger partial charge in [0.2, 0.25) is 0 Å². The molecule has 0 aliphatic heterocycles. The average Bonchev–Trinajstić information content (AvgIpc) is 1.30. The fourth-order valence-electron chi connectivity index (χ4n) is 0.149. The van der Waals surface area contributed by atoms with Gasteiger partial charge < -0.3 is 0 Å². The standard InChI is InChI=1S/C2H6O4S.Na/c1-2-6-7(3,4)5;/h2H2,1H3,(H,3,4,5);/q;+1. The van der Waals surface area contributed by atoms with Crippen LogP contribution in [-0.4, -0.2) is 19.6 Å². The van der Waals surface area contributed by atoms with Crippen molar-refractivity contribution in [3.8, 4) is 0 Å². The number of hydrogen-bond donors (Lipinski definition) is 1. The third-order valence-corrected chi connectivity index (χ3v) is 0.800. The van der Waals surface area contributed by atoms with Crippen molar-refractivity contribution < 1.29 is 46.7 Å². The molecule has 0 heterocycles. The van der Waals surface area contributed by atoms with Gasteiger partial charge in [0.1, 0.15) is 0 Å². The number of rotatable bonds is 2. The molecule has 0 amide bonds. The molecule has 0 aliphatic rings. The molecular formula is C2H6NaO4S+. The van der Waals surface area contributed by atoms with E-state index < -0.39 is 10.4 Å². The molecule has 44 valence electrons. The predicted molar refractivity (Wildman–Crippen MR) is 23.2 cm³/mol. The van der Waals surface area contributed by atoms with Gasteiger partial charge in [-0.15, -0.1) is 0 Å². The van der Waals surface area contributed by atoms with E-state index in [-0.39, 0.29) is 36.2 Å². The summed E-state index contributed by atoms with van der Waals surface area (Å²) in [6, 6.07) is 0. The minimum Gasteiger partial charge on any atom is -0.264 e. The van der Waals surface area contributed by atoms with Crippen molar-refractivity contribution in [3.05, 3.63) is 0 Å². The van der Waals surface area contributed by atoms with Crippen LogP contribution in [0.4, 0.5) is 0 Å². The molecule has 4 nitrogen and oxygen atoms in total. The Morgan fingerprint density at radius 2 is 2.00 bits per heavy atom. The zero-order chi connectivity index (χ0) is 5.91. The van der Waals surface area contributed by atoms with Gasteiger partial charge >= 0.3 is 40.0 Å². The van der Waals surface area contributed by atoms with E-state index in [9.17, 15) is 8.42 Å². The van der Waals surface area contributed by atoms with Gasteiger partial charge in [0.25, 0.3) is 0 Å². The first-order valence-electron chi connectivity index (χ1n) is 1.68. The molecule has 0 aromatic carbocycles. The van der Waals surface area contributed by atoms with Crippen LogP contribution in [0.2, 0.25) is 0 Å². The first-order chi connectivity index (χ1) is 3.06. The molecule has 0 unspecified atom stereocenters. The molecule has 0 aromatic heterocycles. The van der Waals surface area contributed by atoms with Crippen molar-refractivity contribution in [1.29, 1.82) is 0 Å². The van der Waals surface area contributed by atoms with Crippen LogP contribution < -0.4 is 29.6 Å². The average molecular weight is 149 g/mol. The smallest absolute Gasteiger partial charge is 0.264 e. The van der Waals surface area contributed by atoms with E-state index in [1.807, 2.05) is 0 Å². The molecule has 8 heavy (non-hydrogen) atoms. The fourth-order valence-corrected chi connectivity index (χ4v) is 0.447. The Morgan fingerprint density at radius 1 is 1.62 bits per heavy atom. The molecule has 0 saturated heterocycles. The SMILES string of the molecule is CCOS(=O)(=O)O.[Na+]. The summed E-state index contributed by atoms with van der Waals surface area (Å²) < 4.78 is 30.7.